The Morgan fingerprint density at radius 1 is 1.04 bits per heavy atom. The molecule has 0 fully saturated rings. The van der Waals surface area contributed by atoms with E-state index in [9.17, 15) is 19.5 Å². The zero-order valence-electron chi connectivity index (χ0n) is 13.1. The van der Waals surface area contributed by atoms with Crippen molar-refractivity contribution in [2.75, 3.05) is 19.7 Å². The number of carbonyl (C=O) groups is 3. The van der Waals surface area contributed by atoms with Crippen molar-refractivity contribution in [1.29, 1.82) is 0 Å². The highest BCUT2D eigenvalue weighted by Gasteiger charge is 2.06. The van der Waals surface area contributed by atoms with Crippen LogP contribution in [-0.4, -0.2) is 37.5 Å². The Morgan fingerprint density at radius 3 is 2.35 bits per heavy atom. The monoisotopic (exact) mass is 321 g/mol. The fourth-order valence-corrected chi connectivity index (χ4v) is 1.81. The van der Waals surface area contributed by atoms with Gasteiger partial charge in [0.2, 0.25) is 5.91 Å². The van der Waals surface area contributed by atoms with E-state index < -0.39 is 5.97 Å². The molecule has 0 heterocycles. The highest BCUT2D eigenvalue weighted by atomic mass is 16.5. The molecule has 7 heteroatoms. The van der Waals surface area contributed by atoms with Gasteiger partial charge in [-0.25, -0.2) is 0 Å². The van der Waals surface area contributed by atoms with Crippen molar-refractivity contribution in [1.82, 2.24) is 10.6 Å². The summed E-state index contributed by atoms with van der Waals surface area (Å²) in [5, 5.41) is 15.4. The summed E-state index contributed by atoms with van der Waals surface area (Å²) in [5.74, 6) is -0.949. The number of hydrogen-bond acceptors (Lipinski definition) is 5. The highest BCUT2D eigenvalue weighted by Crippen LogP contribution is 2.11. The number of benzene rings is 1. The second kappa shape index (κ2) is 10.2. The molecule has 0 spiro atoms. The Morgan fingerprint density at radius 2 is 1.74 bits per heavy atom. The van der Waals surface area contributed by atoms with Gasteiger partial charge in [0.05, 0.1) is 6.61 Å². The standard InChI is InChI=1S/C16H22N2O5/c1-2-23-13-7-5-12(6-8-13)16(22)18-11-9-14(19)17-10-3-4-15(20)21/h5-8H,2-4,9-11H2,1H3,(H,17,19)(H,18,22)(H,20,21)/p-1. The smallest absolute Gasteiger partial charge is 0.251 e. The summed E-state index contributed by atoms with van der Waals surface area (Å²) in [6.45, 7) is 2.92. The molecule has 2 N–H and O–H groups in total. The van der Waals surface area contributed by atoms with Crippen LogP contribution in [0.5, 0.6) is 5.75 Å². The molecule has 1 aromatic rings. The molecule has 0 saturated heterocycles. The summed E-state index contributed by atoms with van der Waals surface area (Å²) < 4.78 is 5.29. The fraction of sp³-hybridized carbons (Fsp3) is 0.438. The minimum absolute atomic E-state index is 0.0885. The molecule has 7 nitrogen and oxygen atoms in total. The molecule has 0 aliphatic carbocycles. The maximum Gasteiger partial charge on any atom is 0.251 e. The van der Waals surface area contributed by atoms with Crippen molar-refractivity contribution in [3.8, 4) is 5.75 Å². The van der Waals surface area contributed by atoms with E-state index in [-0.39, 0.29) is 37.7 Å². The average molecular weight is 321 g/mol. The third kappa shape index (κ3) is 7.85. The van der Waals surface area contributed by atoms with Crippen LogP contribution in [0.2, 0.25) is 0 Å². The first kappa shape index (κ1) is 18.5. The SMILES string of the molecule is CCOc1ccc(C(=O)NCCC(=O)NCCCC(=O)[O-])cc1. The molecule has 0 bridgehead atoms. The summed E-state index contributed by atoms with van der Waals surface area (Å²) in [6, 6.07) is 6.73. The van der Waals surface area contributed by atoms with E-state index >= 15 is 0 Å². The number of carbonyl (C=O) groups excluding carboxylic acids is 3. The van der Waals surface area contributed by atoms with Crippen molar-refractivity contribution in [2.45, 2.75) is 26.2 Å². The second-order valence-corrected chi connectivity index (χ2v) is 4.79. The number of rotatable bonds is 10. The van der Waals surface area contributed by atoms with Gasteiger partial charge in [0.1, 0.15) is 5.75 Å². The van der Waals surface area contributed by atoms with Gasteiger partial charge in [-0.3, -0.25) is 9.59 Å². The lowest BCUT2D eigenvalue weighted by atomic mass is 10.2. The van der Waals surface area contributed by atoms with Crippen molar-refractivity contribution in [3.63, 3.8) is 0 Å². The Labute approximate surface area is 135 Å². The lowest BCUT2D eigenvalue weighted by molar-refractivity contribution is -0.305. The van der Waals surface area contributed by atoms with Crippen molar-refractivity contribution in [3.05, 3.63) is 29.8 Å². The highest BCUT2D eigenvalue weighted by molar-refractivity contribution is 5.94. The zero-order valence-corrected chi connectivity index (χ0v) is 13.1. The zero-order chi connectivity index (χ0) is 17.1. The predicted molar refractivity (Wildman–Crippen MR) is 81.8 cm³/mol. The molecule has 0 radical (unpaired) electrons. The molecular formula is C16H21N2O5-. The number of aliphatic carboxylic acids is 1. The molecule has 0 atom stereocenters. The number of amides is 2. The Kier molecular flexibility index (Phi) is 8.20. The third-order valence-corrected chi connectivity index (χ3v) is 2.94. The summed E-state index contributed by atoms with van der Waals surface area (Å²) in [5.41, 5.74) is 0.489. The first-order valence-electron chi connectivity index (χ1n) is 7.50. The van der Waals surface area contributed by atoms with Gasteiger partial charge in [-0.2, -0.15) is 0 Å². The van der Waals surface area contributed by atoms with Crippen LogP contribution in [0.4, 0.5) is 0 Å². The van der Waals surface area contributed by atoms with Gasteiger partial charge in [0.15, 0.2) is 0 Å². The largest absolute Gasteiger partial charge is 0.550 e. The van der Waals surface area contributed by atoms with E-state index in [0.29, 0.717) is 24.3 Å². The molecule has 1 aromatic carbocycles. The number of hydrogen-bond donors (Lipinski definition) is 2. The number of ether oxygens (including phenoxy) is 1. The van der Waals surface area contributed by atoms with Crippen LogP contribution in [-0.2, 0) is 9.59 Å². The van der Waals surface area contributed by atoms with E-state index in [0.717, 1.165) is 0 Å². The maximum atomic E-state index is 11.9. The topological polar surface area (TPSA) is 108 Å². The summed E-state index contributed by atoms with van der Waals surface area (Å²) >= 11 is 0. The van der Waals surface area contributed by atoms with Crippen LogP contribution in [0, 0.1) is 0 Å². The van der Waals surface area contributed by atoms with Crippen LogP contribution in [0.25, 0.3) is 0 Å². The van der Waals surface area contributed by atoms with Gasteiger partial charge >= 0.3 is 0 Å². The molecule has 0 aromatic heterocycles. The van der Waals surface area contributed by atoms with E-state index in [2.05, 4.69) is 10.6 Å². The van der Waals surface area contributed by atoms with Crippen LogP contribution < -0.4 is 20.5 Å². The van der Waals surface area contributed by atoms with Gasteiger partial charge in [-0.05, 0) is 44.0 Å². The number of carboxylic acids is 1. The molecular weight excluding hydrogens is 300 g/mol. The molecule has 0 aliphatic rings. The molecule has 0 aliphatic heterocycles. The lowest BCUT2D eigenvalue weighted by Crippen LogP contribution is -2.31. The van der Waals surface area contributed by atoms with Crippen molar-refractivity contribution < 1.29 is 24.2 Å². The summed E-state index contributed by atoms with van der Waals surface area (Å²) in [6.07, 6.45) is 0.370. The van der Waals surface area contributed by atoms with Gasteiger partial charge in [0, 0.05) is 31.0 Å². The van der Waals surface area contributed by atoms with E-state index in [1.54, 1.807) is 24.3 Å². The quantitative estimate of drug-likeness (QED) is 0.583. The second-order valence-electron chi connectivity index (χ2n) is 4.79. The van der Waals surface area contributed by atoms with Gasteiger partial charge in [-0.15, -0.1) is 0 Å². The Balaban J connectivity index is 2.22. The van der Waals surface area contributed by atoms with Crippen LogP contribution >= 0.6 is 0 Å². The van der Waals surface area contributed by atoms with Crippen LogP contribution in [0.15, 0.2) is 24.3 Å². The molecule has 0 saturated carbocycles. The average Bonchev–Trinajstić information content (AvgIpc) is 2.52. The van der Waals surface area contributed by atoms with Gasteiger partial charge in [-0.1, -0.05) is 0 Å². The van der Waals surface area contributed by atoms with Gasteiger partial charge in [0.25, 0.3) is 5.91 Å². The third-order valence-electron chi connectivity index (χ3n) is 2.94. The minimum atomic E-state index is -1.14. The normalized spacial score (nSPS) is 9.96. The van der Waals surface area contributed by atoms with E-state index in [1.807, 2.05) is 6.92 Å². The Hall–Kier alpha value is -2.57. The van der Waals surface area contributed by atoms with Crippen molar-refractivity contribution in [2.24, 2.45) is 0 Å². The first-order valence-corrected chi connectivity index (χ1v) is 7.50. The molecule has 1 rings (SSSR count). The first-order chi connectivity index (χ1) is 11.0. The molecule has 2 amide bonds. The van der Waals surface area contributed by atoms with E-state index in [4.69, 9.17) is 4.74 Å². The predicted octanol–water partition coefficient (Wildman–Crippen LogP) is -0.148. The fourth-order valence-electron chi connectivity index (χ4n) is 1.81. The van der Waals surface area contributed by atoms with Crippen LogP contribution in [0.1, 0.15) is 36.5 Å². The lowest BCUT2D eigenvalue weighted by Gasteiger charge is -2.08. The molecule has 0 unspecified atom stereocenters. The molecule has 126 valence electrons. The van der Waals surface area contributed by atoms with Crippen LogP contribution in [0.3, 0.4) is 0 Å². The number of nitrogens with one attached hydrogen (secondary N) is 2. The Bertz CT molecular complexity index is 528. The molecule has 23 heavy (non-hydrogen) atoms. The van der Waals surface area contributed by atoms with E-state index in [1.165, 1.54) is 0 Å². The summed E-state index contributed by atoms with van der Waals surface area (Å²) in [7, 11) is 0. The maximum absolute atomic E-state index is 11.9. The minimum Gasteiger partial charge on any atom is -0.550 e. The summed E-state index contributed by atoms with van der Waals surface area (Å²) in [4.78, 5) is 33.6. The van der Waals surface area contributed by atoms with Crippen molar-refractivity contribution >= 4 is 17.8 Å². The van der Waals surface area contributed by atoms with Gasteiger partial charge < -0.3 is 25.3 Å². The number of carboxylic acid groups (broad SMARTS) is 1.